The van der Waals surface area contributed by atoms with E-state index in [9.17, 15) is 0 Å². The van der Waals surface area contributed by atoms with E-state index in [-0.39, 0.29) is 0 Å². The maximum absolute atomic E-state index is 3.80. The van der Waals surface area contributed by atoms with Crippen LogP contribution in [0.2, 0.25) is 0 Å². The molecule has 0 amide bonds. The molecule has 1 saturated heterocycles. The van der Waals surface area contributed by atoms with Gasteiger partial charge in [0.1, 0.15) is 0 Å². The van der Waals surface area contributed by atoms with Crippen LogP contribution in [0.4, 0.5) is 0 Å². The molecule has 0 radical (unpaired) electrons. The summed E-state index contributed by atoms with van der Waals surface area (Å²) < 4.78 is 0. The summed E-state index contributed by atoms with van der Waals surface area (Å²) in [6.07, 6.45) is 11.3. The Balaban J connectivity index is 1.71. The van der Waals surface area contributed by atoms with Gasteiger partial charge in [0.15, 0.2) is 0 Å². The highest BCUT2D eigenvalue weighted by molar-refractivity contribution is 5.26. The number of unbranched alkanes of at least 4 members (excludes halogenated alkanes) is 2. The molecule has 1 aromatic carbocycles. The minimum absolute atomic E-state index is 0.808. The van der Waals surface area contributed by atoms with Crippen molar-refractivity contribution in [2.75, 3.05) is 13.1 Å². The van der Waals surface area contributed by atoms with Crippen LogP contribution in [0.1, 0.15) is 75.3 Å². The first kappa shape index (κ1) is 17.0. The Labute approximate surface area is 143 Å². The van der Waals surface area contributed by atoms with Gasteiger partial charge in [0.2, 0.25) is 0 Å². The summed E-state index contributed by atoms with van der Waals surface area (Å²) in [5.41, 5.74) is 3.00. The first-order valence-corrected chi connectivity index (χ1v) is 10.0. The first-order chi connectivity index (χ1) is 11.3. The van der Waals surface area contributed by atoms with Gasteiger partial charge in [-0.3, -0.25) is 0 Å². The maximum Gasteiger partial charge on any atom is -0.00175 e. The maximum atomic E-state index is 3.80. The molecular weight excluding hydrogens is 278 g/mol. The lowest BCUT2D eigenvalue weighted by Gasteiger charge is -2.38. The molecule has 1 saturated carbocycles. The molecule has 4 unspecified atom stereocenters. The topological polar surface area (TPSA) is 12.0 Å². The number of hydrogen-bond acceptors (Lipinski definition) is 1. The zero-order chi connectivity index (χ0) is 16.1. The Kier molecular flexibility index (Phi) is 6.16. The molecule has 0 aromatic heterocycles. The highest BCUT2D eigenvalue weighted by Gasteiger charge is 2.36. The molecule has 1 heterocycles. The molecule has 1 aromatic rings. The van der Waals surface area contributed by atoms with Crippen molar-refractivity contribution >= 4 is 0 Å². The van der Waals surface area contributed by atoms with Gasteiger partial charge < -0.3 is 5.32 Å². The van der Waals surface area contributed by atoms with Crippen LogP contribution in [0.25, 0.3) is 0 Å². The van der Waals surface area contributed by atoms with Gasteiger partial charge in [-0.15, -0.1) is 0 Å². The molecule has 1 heteroatoms. The fourth-order valence-corrected chi connectivity index (χ4v) is 5.04. The Morgan fingerprint density at radius 2 is 1.87 bits per heavy atom. The molecule has 3 rings (SSSR count). The zero-order valence-electron chi connectivity index (χ0n) is 15.2. The van der Waals surface area contributed by atoms with Crippen molar-refractivity contribution in [2.24, 2.45) is 17.8 Å². The van der Waals surface area contributed by atoms with E-state index in [2.05, 4.69) is 43.4 Å². The number of nitrogens with one attached hydrogen (secondary N) is 1. The summed E-state index contributed by atoms with van der Waals surface area (Å²) in [6, 6.07) is 9.44. The summed E-state index contributed by atoms with van der Waals surface area (Å²) >= 11 is 0. The van der Waals surface area contributed by atoms with E-state index >= 15 is 0 Å². The van der Waals surface area contributed by atoms with Crippen molar-refractivity contribution in [3.8, 4) is 0 Å². The van der Waals surface area contributed by atoms with Crippen molar-refractivity contribution in [3.63, 3.8) is 0 Å². The van der Waals surface area contributed by atoms with Crippen molar-refractivity contribution < 1.29 is 0 Å². The van der Waals surface area contributed by atoms with Gasteiger partial charge in [-0.25, -0.2) is 0 Å². The van der Waals surface area contributed by atoms with Gasteiger partial charge in [0.25, 0.3) is 0 Å². The molecule has 1 N–H and O–H groups in total. The summed E-state index contributed by atoms with van der Waals surface area (Å²) in [5.74, 6) is 3.53. The molecule has 1 aliphatic heterocycles. The number of hydrogen-bond donors (Lipinski definition) is 1. The van der Waals surface area contributed by atoms with Crippen molar-refractivity contribution in [1.82, 2.24) is 5.32 Å². The van der Waals surface area contributed by atoms with Crippen LogP contribution in [0.3, 0.4) is 0 Å². The van der Waals surface area contributed by atoms with E-state index in [4.69, 9.17) is 0 Å². The fraction of sp³-hybridized carbons (Fsp3) is 0.727. The third-order valence-electron chi connectivity index (χ3n) is 6.38. The Hall–Kier alpha value is -0.820. The van der Waals surface area contributed by atoms with E-state index in [0.29, 0.717) is 0 Å². The SMILES string of the molecule is CCCCCC1CNCC2CCCC(c3ccc(C)cc3)C2C1. The van der Waals surface area contributed by atoms with Gasteiger partial charge >= 0.3 is 0 Å². The second kappa shape index (κ2) is 8.33. The van der Waals surface area contributed by atoms with Gasteiger partial charge in [-0.2, -0.15) is 0 Å². The van der Waals surface area contributed by atoms with Gasteiger partial charge in [-0.1, -0.05) is 62.4 Å². The standard InChI is InChI=1S/C22H35N/c1-3-4-5-7-18-14-22-20(16-23-15-18)8-6-9-21(22)19-12-10-17(2)11-13-19/h10-13,18,20-23H,3-9,14-16H2,1-2H3. The highest BCUT2D eigenvalue weighted by atomic mass is 14.9. The second-order valence-corrected chi connectivity index (χ2v) is 8.13. The van der Waals surface area contributed by atoms with Crippen LogP contribution in [-0.4, -0.2) is 13.1 Å². The summed E-state index contributed by atoms with van der Waals surface area (Å²) in [7, 11) is 0. The first-order valence-electron chi connectivity index (χ1n) is 10.0. The zero-order valence-corrected chi connectivity index (χ0v) is 15.2. The number of aryl methyl sites for hydroxylation is 1. The second-order valence-electron chi connectivity index (χ2n) is 8.13. The van der Waals surface area contributed by atoms with E-state index in [1.807, 2.05) is 0 Å². The Morgan fingerprint density at radius 3 is 2.65 bits per heavy atom. The lowest BCUT2D eigenvalue weighted by Crippen LogP contribution is -2.31. The molecular formula is C22H35N. The van der Waals surface area contributed by atoms with Crippen LogP contribution < -0.4 is 5.32 Å². The highest BCUT2D eigenvalue weighted by Crippen LogP contribution is 2.45. The van der Waals surface area contributed by atoms with Crippen LogP contribution in [0, 0.1) is 24.7 Å². The Bertz CT molecular complexity index is 463. The molecule has 0 spiro atoms. The van der Waals surface area contributed by atoms with E-state index in [1.165, 1.54) is 70.0 Å². The third-order valence-corrected chi connectivity index (χ3v) is 6.38. The van der Waals surface area contributed by atoms with E-state index in [0.717, 1.165) is 23.7 Å². The predicted molar refractivity (Wildman–Crippen MR) is 99.9 cm³/mol. The number of rotatable bonds is 5. The molecule has 128 valence electrons. The van der Waals surface area contributed by atoms with Crippen molar-refractivity contribution in [2.45, 2.75) is 71.1 Å². The predicted octanol–water partition coefficient (Wildman–Crippen LogP) is 5.68. The van der Waals surface area contributed by atoms with Gasteiger partial charge in [0, 0.05) is 0 Å². The van der Waals surface area contributed by atoms with Crippen LogP contribution >= 0.6 is 0 Å². The monoisotopic (exact) mass is 313 g/mol. The molecule has 2 aliphatic rings. The minimum Gasteiger partial charge on any atom is -0.316 e. The lowest BCUT2D eigenvalue weighted by atomic mass is 9.66. The summed E-state index contributed by atoms with van der Waals surface area (Å²) in [5, 5.41) is 3.80. The molecule has 1 nitrogen and oxygen atoms in total. The van der Waals surface area contributed by atoms with Crippen molar-refractivity contribution in [3.05, 3.63) is 35.4 Å². The molecule has 1 aliphatic carbocycles. The van der Waals surface area contributed by atoms with Gasteiger partial charge in [-0.05, 0) is 74.9 Å². The van der Waals surface area contributed by atoms with E-state index in [1.54, 1.807) is 5.56 Å². The van der Waals surface area contributed by atoms with E-state index < -0.39 is 0 Å². The molecule has 23 heavy (non-hydrogen) atoms. The average Bonchev–Trinajstić information content (AvgIpc) is 2.77. The average molecular weight is 314 g/mol. The third kappa shape index (κ3) is 4.38. The minimum atomic E-state index is 0.808. The number of benzene rings is 1. The fourth-order valence-electron chi connectivity index (χ4n) is 5.04. The summed E-state index contributed by atoms with van der Waals surface area (Å²) in [4.78, 5) is 0. The van der Waals surface area contributed by atoms with Crippen LogP contribution in [-0.2, 0) is 0 Å². The smallest absolute Gasteiger partial charge is 0.00175 e. The number of fused-ring (bicyclic) bond motifs is 1. The van der Waals surface area contributed by atoms with Crippen LogP contribution in [0.15, 0.2) is 24.3 Å². The van der Waals surface area contributed by atoms with Crippen molar-refractivity contribution in [1.29, 1.82) is 0 Å². The lowest BCUT2D eigenvalue weighted by molar-refractivity contribution is 0.185. The molecule has 2 fully saturated rings. The Morgan fingerprint density at radius 1 is 1.04 bits per heavy atom. The molecule has 4 atom stereocenters. The van der Waals surface area contributed by atoms with Gasteiger partial charge in [0.05, 0.1) is 0 Å². The normalized spacial score (nSPS) is 31.4. The summed E-state index contributed by atoms with van der Waals surface area (Å²) in [6.45, 7) is 7.04. The van der Waals surface area contributed by atoms with Crippen LogP contribution in [0.5, 0.6) is 0 Å². The quantitative estimate of drug-likeness (QED) is 0.689. The molecule has 0 bridgehead atoms. The largest absolute Gasteiger partial charge is 0.316 e.